The summed E-state index contributed by atoms with van der Waals surface area (Å²) in [6, 6.07) is 7.02. The van der Waals surface area contributed by atoms with E-state index in [-0.39, 0.29) is 18.5 Å². The average Bonchev–Trinajstić information content (AvgIpc) is 2.49. The van der Waals surface area contributed by atoms with Gasteiger partial charge in [-0.15, -0.1) is 0 Å². The van der Waals surface area contributed by atoms with Crippen LogP contribution in [0, 0.1) is 11.7 Å². The van der Waals surface area contributed by atoms with Crippen LogP contribution in [0.1, 0.15) is 30.9 Å². The molecule has 112 valence electrons. The molecule has 0 saturated carbocycles. The maximum atomic E-state index is 13.8. The number of nitrogens with zero attached hydrogens (tertiary/aromatic N) is 1. The lowest BCUT2D eigenvalue weighted by Crippen LogP contribution is -2.38. The van der Waals surface area contributed by atoms with Crippen LogP contribution >= 0.6 is 0 Å². The molecule has 4 heteroatoms. The highest BCUT2D eigenvalue weighted by atomic mass is 19.1. The number of benzene rings is 1. The lowest BCUT2D eigenvalue weighted by molar-refractivity contribution is 0.117. The van der Waals surface area contributed by atoms with Crippen LogP contribution in [0.2, 0.25) is 0 Å². The lowest BCUT2D eigenvalue weighted by Gasteiger charge is -2.32. The molecule has 0 aromatic heterocycles. The summed E-state index contributed by atoms with van der Waals surface area (Å²) in [4.78, 5) is 2.38. The first-order chi connectivity index (χ1) is 9.74. The number of hydrogen-bond acceptors (Lipinski definition) is 3. The molecular weight excluding hydrogens is 255 g/mol. The second-order valence-corrected chi connectivity index (χ2v) is 5.64. The van der Waals surface area contributed by atoms with E-state index in [4.69, 9.17) is 0 Å². The topological polar surface area (TPSA) is 35.5 Å². The standard InChI is InChI=1S/C16H25FN2O/c1-18-16(14-6-2-3-7-15(14)17)8-10-19-9-4-5-13(11-19)12-20/h2-3,6-7,13,16,18,20H,4-5,8-12H2,1H3. The maximum Gasteiger partial charge on any atom is 0.127 e. The largest absolute Gasteiger partial charge is 0.396 e. The van der Waals surface area contributed by atoms with Gasteiger partial charge in [0.15, 0.2) is 0 Å². The molecule has 1 saturated heterocycles. The zero-order chi connectivity index (χ0) is 14.4. The summed E-state index contributed by atoms with van der Waals surface area (Å²) < 4.78 is 13.8. The van der Waals surface area contributed by atoms with E-state index in [0.717, 1.165) is 44.5 Å². The molecule has 2 N–H and O–H groups in total. The van der Waals surface area contributed by atoms with Crippen molar-refractivity contribution in [3.05, 3.63) is 35.6 Å². The Morgan fingerprint density at radius 3 is 2.95 bits per heavy atom. The highest BCUT2D eigenvalue weighted by Gasteiger charge is 2.20. The van der Waals surface area contributed by atoms with Gasteiger partial charge in [0.1, 0.15) is 5.82 Å². The van der Waals surface area contributed by atoms with Gasteiger partial charge in [-0.3, -0.25) is 0 Å². The number of aliphatic hydroxyl groups excluding tert-OH is 1. The van der Waals surface area contributed by atoms with E-state index in [9.17, 15) is 9.50 Å². The van der Waals surface area contributed by atoms with Gasteiger partial charge in [0.25, 0.3) is 0 Å². The van der Waals surface area contributed by atoms with Crippen molar-refractivity contribution in [2.24, 2.45) is 5.92 Å². The van der Waals surface area contributed by atoms with Crippen LogP contribution in [0.25, 0.3) is 0 Å². The highest BCUT2D eigenvalue weighted by Crippen LogP contribution is 2.22. The van der Waals surface area contributed by atoms with Crippen molar-refractivity contribution in [1.29, 1.82) is 0 Å². The van der Waals surface area contributed by atoms with Gasteiger partial charge in [0.2, 0.25) is 0 Å². The van der Waals surface area contributed by atoms with Crippen LogP contribution < -0.4 is 5.32 Å². The van der Waals surface area contributed by atoms with Gasteiger partial charge in [0, 0.05) is 24.8 Å². The van der Waals surface area contributed by atoms with Gasteiger partial charge < -0.3 is 15.3 Å². The Hall–Kier alpha value is -0.970. The summed E-state index contributed by atoms with van der Waals surface area (Å²) in [7, 11) is 1.88. The average molecular weight is 280 g/mol. The second kappa shape index (κ2) is 7.72. The summed E-state index contributed by atoms with van der Waals surface area (Å²) in [5.41, 5.74) is 0.741. The number of piperidine rings is 1. The molecule has 1 aromatic carbocycles. The van der Waals surface area contributed by atoms with E-state index < -0.39 is 0 Å². The summed E-state index contributed by atoms with van der Waals surface area (Å²) in [6.07, 6.45) is 3.15. The third-order valence-corrected chi connectivity index (χ3v) is 4.22. The number of nitrogens with one attached hydrogen (secondary N) is 1. The van der Waals surface area contributed by atoms with Crippen molar-refractivity contribution in [1.82, 2.24) is 10.2 Å². The highest BCUT2D eigenvalue weighted by molar-refractivity contribution is 5.21. The molecule has 1 aliphatic heterocycles. The van der Waals surface area contributed by atoms with Crippen LogP contribution in [0.15, 0.2) is 24.3 Å². The molecule has 2 unspecified atom stereocenters. The Labute approximate surface area is 120 Å². The molecule has 0 bridgehead atoms. The van der Waals surface area contributed by atoms with E-state index in [1.165, 1.54) is 6.07 Å². The Morgan fingerprint density at radius 1 is 1.45 bits per heavy atom. The van der Waals surface area contributed by atoms with Crippen molar-refractivity contribution >= 4 is 0 Å². The molecule has 1 aromatic rings. The van der Waals surface area contributed by atoms with E-state index in [2.05, 4.69) is 10.2 Å². The fraction of sp³-hybridized carbons (Fsp3) is 0.625. The van der Waals surface area contributed by atoms with Crippen LogP contribution in [0.5, 0.6) is 0 Å². The summed E-state index contributed by atoms with van der Waals surface area (Å²) in [5.74, 6) is 0.268. The minimum Gasteiger partial charge on any atom is -0.396 e. The SMILES string of the molecule is CNC(CCN1CCCC(CO)C1)c1ccccc1F. The summed E-state index contributed by atoms with van der Waals surface area (Å²) in [6.45, 7) is 3.27. The Balaban J connectivity index is 1.89. The lowest BCUT2D eigenvalue weighted by atomic mass is 9.97. The molecule has 2 rings (SSSR count). The molecule has 1 aliphatic rings. The van der Waals surface area contributed by atoms with Crippen LogP contribution in [0.3, 0.4) is 0 Å². The number of aliphatic hydroxyl groups is 1. The van der Waals surface area contributed by atoms with E-state index in [1.54, 1.807) is 6.07 Å². The first-order valence-corrected chi connectivity index (χ1v) is 7.49. The van der Waals surface area contributed by atoms with Gasteiger partial charge in [-0.1, -0.05) is 18.2 Å². The quantitative estimate of drug-likeness (QED) is 0.838. The van der Waals surface area contributed by atoms with Crippen LogP contribution in [0.4, 0.5) is 4.39 Å². The molecule has 0 radical (unpaired) electrons. The molecule has 3 nitrogen and oxygen atoms in total. The third-order valence-electron chi connectivity index (χ3n) is 4.22. The number of likely N-dealkylation sites (tertiary alicyclic amines) is 1. The third kappa shape index (κ3) is 4.01. The fourth-order valence-electron chi connectivity index (χ4n) is 3.03. The Kier molecular flexibility index (Phi) is 5.95. The Bertz CT molecular complexity index is 413. The van der Waals surface area contributed by atoms with Crippen molar-refractivity contribution in [2.75, 3.05) is 33.3 Å². The molecule has 0 amide bonds. The first-order valence-electron chi connectivity index (χ1n) is 7.49. The van der Waals surface area contributed by atoms with E-state index in [1.807, 2.05) is 19.2 Å². The predicted octanol–water partition coefficient (Wildman–Crippen LogP) is 2.18. The smallest absolute Gasteiger partial charge is 0.127 e. The molecular formula is C16H25FN2O. The molecule has 1 heterocycles. The number of halogens is 1. The minimum atomic E-state index is -0.140. The van der Waals surface area contributed by atoms with Gasteiger partial charge in [-0.05, 0) is 51.4 Å². The summed E-state index contributed by atoms with van der Waals surface area (Å²) >= 11 is 0. The number of rotatable bonds is 6. The molecule has 2 atom stereocenters. The molecule has 1 fully saturated rings. The van der Waals surface area contributed by atoms with Crippen molar-refractivity contribution in [3.63, 3.8) is 0 Å². The van der Waals surface area contributed by atoms with Crippen LogP contribution in [-0.2, 0) is 0 Å². The van der Waals surface area contributed by atoms with Gasteiger partial charge >= 0.3 is 0 Å². The van der Waals surface area contributed by atoms with E-state index in [0.29, 0.717) is 5.92 Å². The first kappa shape index (κ1) is 15.4. The minimum absolute atomic E-state index is 0.0469. The maximum absolute atomic E-state index is 13.8. The molecule has 0 aliphatic carbocycles. The van der Waals surface area contributed by atoms with Crippen LogP contribution in [-0.4, -0.2) is 43.3 Å². The van der Waals surface area contributed by atoms with Gasteiger partial charge in [0.05, 0.1) is 0 Å². The molecule has 20 heavy (non-hydrogen) atoms. The van der Waals surface area contributed by atoms with Crippen molar-refractivity contribution in [2.45, 2.75) is 25.3 Å². The van der Waals surface area contributed by atoms with Gasteiger partial charge in [-0.2, -0.15) is 0 Å². The summed E-state index contributed by atoms with van der Waals surface area (Å²) in [5, 5.41) is 12.5. The normalized spacial score (nSPS) is 21.9. The zero-order valence-corrected chi connectivity index (χ0v) is 12.2. The predicted molar refractivity (Wildman–Crippen MR) is 79.1 cm³/mol. The number of hydrogen-bond donors (Lipinski definition) is 2. The van der Waals surface area contributed by atoms with Crippen molar-refractivity contribution < 1.29 is 9.50 Å². The zero-order valence-electron chi connectivity index (χ0n) is 12.2. The second-order valence-electron chi connectivity index (χ2n) is 5.64. The molecule has 0 spiro atoms. The Morgan fingerprint density at radius 2 is 2.25 bits per heavy atom. The van der Waals surface area contributed by atoms with Crippen molar-refractivity contribution in [3.8, 4) is 0 Å². The van der Waals surface area contributed by atoms with Gasteiger partial charge in [-0.25, -0.2) is 4.39 Å². The van der Waals surface area contributed by atoms with E-state index >= 15 is 0 Å². The monoisotopic (exact) mass is 280 g/mol. The fourth-order valence-corrected chi connectivity index (χ4v) is 3.03.